The molecule has 222 valence electrons. The summed E-state index contributed by atoms with van der Waals surface area (Å²) in [5.74, 6) is 0.487. The summed E-state index contributed by atoms with van der Waals surface area (Å²) in [4.78, 5) is 27.2. The van der Waals surface area contributed by atoms with Crippen molar-refractivity contribution in [3.63, 3.8) is 0 Å². The first-order valence-electron chi connectivity index (χ1n) is 13.4. The van der Waals surface area contributed by atoms with Crippen LogP contribution in [0, 0.1) is 23.2 Å². The molecular formula is C26H39N5O8S. The number of likely N-dealkylation sites (tertiary alicyclic amines) is 2. The molecule has 5 atom stereocenters. The third kappa shape index (κ3) is 6.37. The first-order valence-corrected chi connectivity index (χ1v) is 14.8. The lowest BCUT2D eigenvalue weighted by molar-refractivity contribution is -0.000796. The highest BCUT2D eigenvalue weighted by Crippen LogP contribution is 2.63. The molecule has 0 spiro atoms. The van der Waals surface area contributed by atoms with Crippen molar-refractivity contribution in [3.8, 4) is 6.07 Å². The minimum Gasteiger partial charge on any atom is -0.444 e. The Morgan fingerprint density at radius 1 is 0.975 bits per heavy atom. The fourth-order valence-electron chi connectivity index (χ4n) is 5.65. The summed E-state index contributed by atoms with van der Waals surface area (Å²) in [6.07, 6.45) is 1.12. The Hall–Kier alpha value is -2.89. The maximum Gasteiger partial charge on any atom is 0.410 e. The molecule has 4 aliphatic rings. The lowest BCUT2D eigenvalue weighted by Gasteiger charge is -2.33. The summed E-state index contributed by atoms with van der Waals surface area (Å²) < 4.78 is 44.2. The average molecular weight is 582 g/mol. The summed E-state index contributed by atoms with van der Waals surface area (Å²) in [6.45, 7) is 12.7. The van der Waals surface area contributed by atoms with E-state index in [-0.39, 0.29) is 18.6 Å². The highest BCUT2D eigenvalue weighted by molar-refractivity contribution is 7.82. The van der Waals surface area contributed by atoms with Gasteiger partial charge in [-0.25, -0.2) is 18.0 Å². The summed E-state index contributed by atoms with van der Waals surface area (Å²) in [5, 5.41) is 14.0. The fraction of sp³-hybridized carbons (Fsp3) is 0.769. The molecule has 1 aromatic rings. The molecule has 0 bridgehead atoms. The van der Waals surface area contributed by atoms with E-state index in [1.165, 1.54) is 4.90 Å². The van der Waals surface area contributed by atoms with Crippen molar-refractivity contribution in [2.75, 3.05) is 26.2 Å². The van der Waals surface area contributed by atoms with E-state index in [1.54, 1.807) is 36.5 Å². The largest absolute Gasteiger partial charge is 0.444 e. The van der Waals surface area contributed by atoms with Gasteiger partial charge in [0.2, 0.25) is 0 Å². The number of carbonyl (C=O) groups is 2. The Labute approximate surface area is 235 Å². The van der Waals surface area contributed by atoms with Gasteiger partial charge in [0.05, 0.1) is 18.3 Å². The van der Waals surface area contributed by atoms with Crippen LogP contribution in [0.25, 0.3) is 0 Å². The molecule has 0 N–H and O–H groups in total. The number of piperidine rings is 2. The van der Waals surface area contributed by atoms with Gasteiger partial charge in [-0.2, -0.15) is 18.8 Å². The summed E-state index contributed by atoms with van der Waals surface area (Å²) >= 11 is 0. The zero-order valence-corrected chi connectivity index (χ0v) is 24.9. The molecule has 14 heteroatoms. The van der Waals surface area contributed by atoms with Gasteiger partial charge < -0.3 is 19.3 Å². The number of nitriles is 1. The van der Waals surface area contributed by atoms with Gasteiger partial charge in [0.25, 0.3) is 0 Å². The van der Waals surface area contributed by atoms with E-state index in [9.17, 15) is 23.3 Å². The Bertz CT molecular complexity index is 1280. The smallest absolute Gasteiger partial charge is 0.410 e. The number of fused-ring (bicyclic) bond motifs is 2. The zero-order chi connectivity index (χ0) is 29.7. The van der Waals surface area contributed by atoms with Gasteiger partial charge in [-0.1, -0.05) is 0 Å². The van der Waals surface area contributed by atoms with Crippen molar-refractivity contribution >= 4 is 22.6 Å². The van der Waals surface area contributed by atoms with Crippen LogP contribution in [0.15, 0.2) is 12.3 Å². The molecule has 5 unspecified atom stereocenters. The Morgan fingerprint density at radius 2 is 1.52 bits per heavy atom. The Kier molecular flexibility index (Phi) is 7.90. The number of ether oxygens (including phenoxy) is 2. The maximum atomic E-state index is 12.2. The fourth-order valence-corrected chi connectivity index (χ4v) is 6.71. The normalized spacial score (nSPS) is 30.6. The first-order chi connectivity index (χ1) is 18.5. The van der Waals surface area contributed by atoms with Crippen molar-refractivity contribution in [2.24, 2.45) is 18.9 Å². The zero-order valence-electron chi connectivity index (χ0n) is 24.1. The van der Waals surface area contributed by atoms with Crippen molar-refractivity contribution in [1.29, 1.82) is 5.26 Å². The van der Waals surface area contributed by atoms with Gasteiger partial charge >= 0.3 is 22.6 Å². The van der Waals surface area contributed by atoms with Crippen LogP contribution >= 0.6 is 0 Å². The molecule has 5 rings (SSSR count). The second-order valence-electron chi connectivity index (χ2n) is 12.6. The van der Waals surface area contributed by atoms with Crippen molar-refractivity contribution in [2.45, 2.75) is 83.2 Å². The molecule has 13 nitrogen and oxygen atoms in total. The average Bonchev–Trinajstić information content (AvgIpc) is 3.05. The summed E-state index contributed by atoms with van der Waals surface area (Å²) in [5.41, 5.74) is -0.614. The minimum atomic E-state index is -3.89. The lowest BCUT2D eigenvalue weighted by Crippen LogP contribution is -2.49. The molecule has 3 aliphatic heterocycles. The Balaban J connectivity index is 0.000000189. The number of amides is 2. The number of rotatable bonds is 1. The third-order valence-corrected chi connectivity index (χ3v) is 8.35. The number of carbonyl (C=O) groups excluding carboxylic acids is 2. The number of aromatic nitrogens is 2. The topological polar surface area (TPSA) is 153 Å². The standard InChI is InChI=1S/C16H22N4O2.C10H17NO6S/c1-15(2,3)22-14(21)20-8-6-11-12(9-20)16(11,10-17)13-5-7-18-19(13)4;1-10(2,3)15-9(12)11-5-4-7-8(6-11)17-18(13,14)16-7/h5,7,11-12H,6,8-9H2,1-4H3;7-8H,4-6H2,1-3H3. The van der Waals surface area contributed by atoms with Gasteiger partial charge in [-0.15, -0.1) is 0 Å². The minimum absolute atomic E-state index is 0.165. The van der Waals surface area contributed by atoms with Gasteiger partial charge in [0.1, 0.15) is 28.8 Å². The van der Waals surface area contributed by atoms with E-state index >= 15 is 0 Å². The van der Waals surface area contributed by atoms with E-state index in [4.69, 9.17) is 17.8 Å². The third-order valence-electron chi connectivity index (χ3n) is 7.39. The van der Waals surface area contributed by atoms with E-state index in [2.05, 4.69) is 11.2 Å². The van der Waals surface area contributed by atoms with Crippen LogP contribution in [-0.4, -0.2) is 89.8 Å². The van der Waals surface area contributed by atoms with Crippen LogP contribution in [-0.2, 0) is 40.7 Å². The highest BCUT2D eigenvalue weighted by Gasteiger charge is 2.69. The molecule has 3 saturated heterocycles. The molecular weight excluding hydrogens is 542 g/mol. The second kappa shape index (κ2) is 10.5. The maximum absolute atomic E-state index is 12.2. The number of nitrogens with zero attached hydrogens (tertiary/aromatic N) is 5. The first kappa shape index (κ1) is 30.1. The van der Waals surface area contributed by atoms with Crippen molar-refractivity contribution < 1.29 is 35.8 Å². The van der Waals surface area contributed by atoms with Crippen LogP contribution in [0.2, 0.25) is 0 Å². The number of aryl methyl sites for hydroxylation is 1. The quantitative estimate of drug-likeness (QED) is 0.484. The molecule has 40 heavy (non-hydrogen) atoms. The predicted octanol–water partition coefficient (Wildman–Crippen LogP) is 2.72. The number of hydrogen-bond donors (Lipinski definition) is 0. The molecule has 1 aromatic heterocycles. The van der Waals surface area contributed by atoms with E-state index in [0.717, 1.165) is 12.1 Å². The lowest BCUT2D eigenvalue weighted by atomic mass is 9.99. The Morgan fingerprint density at radius 3 is 2.05 bits per heavy atom. The van der Waals surface area contributed by atoms with Crippen molar-refractivity contribution in [1.82, 2.24) is 19.6 Å². The summed E-state index contributed by atoms with van der Waals surface area (Å²) in [7, 11) is -2.03. The van der Waals surface area contributed by atoms with E-state index in [1.807, 2.05) is 33.9 Å². The van der Waals surface area contributed by atoms with Crippen molar-refractivity contribution in [3.05, 3.63) is 18.0 Å². The van der Waals surface area contributed by atoms with E-state index < -0.39 is 45.3 Å². The van der Waals surface area contributed by atoms with Crippen LogP contribution in [0.1, 0.15) is 60.1 Å². The van der Waals surface area contributed by atoms with Crippen LogP contribution in [0.5, 0.6) is 0 Å². The number of hydrogen-bond acceptors (Lipinski definition) is 10. The summed E-state index contributed by atoms with van der Waals surface area (Å²) in [6, 6.07) is 4.42. The van der Waals surface area contributed by atoms with Gasteiger partial charge in [0, 0.05) is 38.8 Å². The van der Waals surface area contributed by atoms with Gasteiger partial charge in [-0.05, 0) is 66.4 Å². The molecule has 4 fully saturated rings. The molecule has 2 amide bonds. The van der Waals surface area contributed by atoms with Gasteiger partial charge in [0.15, 0.2) is 0 Å². The van der Waals surface area contributed by atoms with E-state index in [0.29, 0.717) is 32.0 Å². The highest BCUT2D eigenvalue weighted by atomic mass is 32.3. The SMILES string of the molecule is CC(C)(C)OC(=O)N1CCC2OS(=O)(=O)OC2C1.Cn1nccc1C1(C#N)C2CCN(C(=O)OC(C)(C)C)CC21. The molecule has 4 heterocycles. The molecule has 1 saturated carbocycles. The monoisotopic (exact) mass is 581 g/mol. The molecule has 1 aliphatic carbocycles. The van der Waals surface area contributed by atoms with Gasteiger partial charge in [-0.3, -0.25) is 4.68 Å². The predicted molar refractivity (Wildman–Crippen MR) is 141 cm³/mol. The molecule has 0 radical (unpaired) electrons. The van der Waals surface area contributed by atoms with Crippen LogP contribution < -0.4 is 0 Å². The molecule has 0 aromatic carbocycles. The second-order valence-corrected chi connectivity index (χ2v) is 13.8. The van der Waals surface area contributed by atoms with Crippen LogP contribution in [0.4, 0.5) is 9.59 Å². The van der Waals surface area contributed by atoms with Crippen LogP contribution in [0.3, 0.4) is 0 Å².